The summed E-state index contributed by atoms with van der Waals surface area (Å²) in [5.74, 6) is 0. The average molecular weight is 246 g/mol. The van der Waals surface area contributed by atoms with E-state index in [1.807, 2.05) is 18.2 Å². The highest BCUT2D eigenvalue weighted by Crippen LogP contribution is 2.17. The van der Waals surface area contributed by atoms with E-state index in [4.69, 9.17) is 4.42 Å². The molecule has 1 aliphatic rings. The van der Waals surface area contributed by atoms with Crippen molar-refractivity contribution in [1.29, 1.82) is 0 Å². The van der Waals surface area contributed by atoms with Gasteiger partial charge in [0.1, 0.15) is 5.52 Å². The van der Waals surface area contributed by atoms with Gasteiger partial charge in [-0.2, -0.15) is 0 Å². The molecule has 1 aromatic carbocycles. The van der Waals surface area contributed by atoms with Crippen LogP contribution in [0.4, 0.5) is 5.69 Å². The molecular formula is C13H18N4O. The second kappa shape index (κ2) is 4.96. The van der Waals surface area contributed by atoms with Crippen molar-refractivity contribution in [3.05, 3.63) is 24.6 Å². The van der Waals surface area contributed by atoms with E-state index < -0.39 is 0 Å². The van der Waals surface area contributed by atoms with Crippen LogP contribution in [0.1, 0.15) is 0 Å². The van der Waals surface area contributed by atoms with E-state index in [1.54, 1.807) is 0 Å². The monoisotopic (exact) mass is 246 g/mol. The standard InChI is InChI=1S/C13H18N4O/c1-17-5-4-14-7-11(17)8-15-10-2-3-12-13(6-10)18-9-16-12/h2-3,6,9,11,14-15H,4-5,7-8H2,1H3. The van der Waals surface area contributed by atoms with Gasteiger partial charge in [-0.25, -0.2) is 4.98 Å². The highest BCUT2D eigenvalue weighted by Gasteiger charge is 2.17. The number of likely N-dealkylation sites (N-methyl/N-ethyl adjacent to an activating group) is 1. The van der Waals surface area contributed by atoms with Crippen LogP contribution in [0.3, 0.4) is 0 Å². The SMILES string of the molecule is CN1CCNCC1CNc1ccc2ncoc2c1. The van der Waals surface area contributed by atoms with Gasteiger partial charge >= 0.3 is 0 Å². The third-order valence-electron chi connectivity index (χ3n) is 3.52. The number of anilines is 1. The summed E-state index contributed by atoms with van der Waals surface area (Å²) in [6.45, 7) is 4.15. The lowest BCUT2D eigenvalue weighted by Gasteiger charge is -2.33. The van der Waals surface area contributed by atoms with E-state index in [0.717, 1.165) is 43.0 Å². The lowest BCUT2D eigenvalue weighted by molar-refractivity contribution is 0.209. The molecule has 1 fully saturated rings. The van der Waals surface area contributed by atoms with Crippen LogP contribution in [-0.4, -0.2) is 49.2 Å². The van der Waals surface area contributed by atoms with E-state index >= 15 is 0 Å². The molecule has 0 bridgehead atoms. The normalized spacial score (nSPS) is 21.3. The summed E-state index contributed by atoms with van der Waals surface area (Å²) in [5.41, 5.74) is 2.81. The van der Waals surface area contributed by atoms with Crippen LogP contribution in [0.15, 0.2) is 29.0 Å². The molecule has 0 amide bonds. The van der Waals surface area contributed by atoms with Gasteiger partial charge in [0, 0.05) is 44.0 Å². The van der Waals surface area contributed by atoms with Gasteiger partial charge in [-0.05, 0) is 19.2 Å². The predicted molar refractivity (Wildman–Crippen MR) is 71.8 cm³/mol. The maximum absolute atomic E-state index is 5.30. The summed E-state index contributed by atoms with van der Waals surface area (Å²) in [5, 5.41) is 6.87. The number of rotatable bonds is 3. The number of nitrogens with zero attached hydrogens (tertiary/aromatic N) is 2. The summed E-state index contributed by atoms with van der Waals surface area (Å²) < 4.78 is 5.30. The Kier molecular flexibility index (Phi) is 3.17. The number of fused-ring (bicyclic) bond motifs is 1. The zero-order chi connectivity index (χ0) is 12.4. The van der Waals surface area contributed by atoms with Crippen molar-refractivity contribution >= 4 is 16.8 Å². The van der Waals surface area contributed by atoms with Crippen LogP contribution in [0.2, 0.25) is 0 Å². The first-order valence-corrected chi connectivity index (χ1v) is 6.31. The number of oxazole rings is 1. The molecule has 0 radical (unpaired) electrons. The molecule has 1 saturated heterocycles. The van der Waals surface area contributed by atoms with Gasteiger partial charge in [-0.1, -0.05) is 0 Å². The second-order valence-corrected chi connectivity index (χ2v) is 4.75. The van der Waals surface area contributed by atoms with Crippen LogP contribution in [-0.2, 0) is 0 Å². The molecule has 0 spiro atoms. The molecule has 5 heteroatoms. The van der Waals surface area contributed by atoms with E-state index in [1.165, 1.54) is 6.39 Å². The van der Waals surface area contributed by atoms with Gasteiger partial charge < -0.3 is 15.1 Å². The van der Waals surface area contributed by atoms with Crippen molar-refractivity contribution in [3.63, 3.8) is 0 Å². The Hall–Kier alpha value is -1.59. The van der Waals surface area contributed by atoms with Gasteiger partial charge in [0.2, 0.25) is 0 Å². The Labute approximate surface area is 106 Å². The molecule has 1 aromatic heterocycles. The largest absolute Gasteiger partial charge is 0.443 e. The first-order chi connectivity index (χ1) is 8.83. The summed E-state index contributed by atoms with van der Waals surface area (Å²) in [4.78, 5) is 6.49. The second-order valence-electron chi connectivity index (χ2n) is 4.75. The predicted octanol–water partition coefficient (Wildman–Crippen LogP) is 1.14. The van der Waals surface area contributed by atoms with E-state index in [9.17, 15) is 0 Å². The van der Waals surface area contributed by atoms with Crippen molar-refractivity contribution in [3.8, 4) is 0 Å². The zero-order valence-electron chi connectivity index (χ0n) is 10.5. The molecule has 2 N–H and O–H groups in total. The molecule has 0 saturated carbocycles. The van der Waals surface area contributed by atoms with Crippen LogP contribution in [0.5, 0.6) is 0 Å². The number of piperazine rings is 1. The molecule has 3 rings (SSSR count). The topological polar surface area (TPSA) is 53.3 Å². The van der Waals surface area contributed by atoms with Crippen molar-refractivity contribution in [2.24, 2.45) is 0 Å². The van der Waals surface area contributed by atoms with Gasteiger partial charge in [0.05, 0.1) is 0 Å². The fraction of sp³-hybridized carbons (Fsp3) is 0.462. The fourth-order valence-corrected chi connectivity index (χ4v) is 2.29. The lowest BCUT2D eigenvalue weighted by atomic mass is 10.2. The Morgan fingerprint density at radius 2 is 2.50 bits per heavy atom. The summed E-state index contributed by atoms with van der Waals surface area (Å²) >= 11 is 0. The molecule has 0 aliphatic carbocycles. The Morgan fingerprint density at radius 1 is 1.56 bits per heavy atom. The van der Waals surface area contributed by atoms with E-state index in [-0.39, 0.29) is 0 Å². The van der Waals surface area contributed by atoms with Crippen molar-refractivity contribution < 1.29 is 4.42 Å². The van der Waals surface area contributed by atoms with Crippen molar-refractivity contribution in [1.82, 2.24) is 15.2 Å². The molecular weight excluding hydrogens is 228 g/mol. The van der Waals surface area contributed by atoms with Crippen LogP contribution >= 0.6 is 0 Å². The van der Waals surface area contributed by atoms with Crippen LogP contribution in [0, 0.1) is 0 Å². The van der Waals surface area contributed by atoms with Gasteiger partial charge in [0.25, 0.3) is 0 Å². The van der Waals surface area contributed by atoms with Gasteiger partial charge in [-0.3, -0.25) is 4.90 Å². The van der Waals surface area contributed by atoms with Gasteiger partial charge in [-0.15, -0.1) is 0 Å². The first-order valence-electron chi connectivity index (χ1n) is 6.31. The zero-order valence-corrected chi connectivity index (χ0v) is 10.5. The molecule has 1 aliphatic heterocycles. The number of nitrogens with one attached hydrogen (secondary N) is 2. The third-order valence-corrected chi connectivity index (χ3v) is 3.52. The number of hydrogen-bond donors (Lipinski definition) is 2. The first kappa shape index (κ1) is 11.5. The molecule has 96 valence electrons. The molecule has 18 heavy (non-hydrogen) atoms. The number of hydrogen-bond acceptors (Lipinski definition) is 5. The molecule has 2 aromatic rings. The average Bonchev–Trinajstić information content (AvgIpc) is 2.85. The summed E-state index contributed by atoms with van der Waals surface area (Å²) in [6, 6.07) is 6.55. The minimum absolute atomic E-state index is 0.532. The minimum Gasteiger partial charge on any atom is -0.443 e. The maximum Gasteiger partial charge on any atom is 0.181 e. The quantitative estimate of drug-likeness (QED) is 0.850. The van der Waals surface area contributed by atoms with Crippen LogP contribution in [0.25, 0.3) is 11.1 Å². The van der Waals surface area contributed by atoms with E-state index in [2.05, 4.69) is 27.6 Å². The molecule has 2 heterocycles. The summed E-state index contributed by atoms with van der Waals surface area (Å²) in [7, 11) is 2.17. The van der Waals surface area contributed by atoms with Gasteiger partial charge in [0.15, 0.2) is 12.0 Å². The van der Waals surface area contributed by atoms with Crippen molar-refractivity contribution in [2.45, 2.75) is 6.04 Å². The lowest BCUT2D eigenvalue weighted by Crippen LogP contribution is -2.52. The molecule has 5 nitrogen and oxygen atoms in total. The highest BCUT2D eigenvalue weighted by molar-refractivity contribution is 5.76. The molecule has 1 unspecified atom stereocenters. The number of benzene rings is 1. The molecule has 1 atom stereocenters. The Balaban J connectivity index is 1.65. The fourth-order valence-electron chi connectivity index (χ4n) is 2.29. The van der Waals surface area contributed by atoms with Crippen molar-refractivity contribution in [2.75, 3.05) is 38.5 Å². The highest BCUT2D eigenvalue weighted by atomic mass is 16.3. The van der Waals surface area contributed by atoms with E-state index in [0.29, 0.717) is 6.04 Å². The Bertz CT molecular complexity index is 524. The van der Waals surface area contributed by atoms with Crippen LogP contribution < -0.4 is 10.6 Å². The maximum atomic E-state index is 5.30. The summed E-state index contributed by atoms with van der Waals surface area (Å²) in [6.07, 6.45) is 1.48. The third kappa shape index (κ3) is 2.32. The minimum atomic E-state index is 0.532. The smallest absolute Gasteiger partial charge is 0.181 e. The number of aromatic nitrogens is 1. The Morgan fingerprint density at radius 3 is 3.39 bits per heavy atom.